The fraction of sp³-hybridized carbons (Fsp3) is 0.0625. The first kappa shape index (κ1) is 30.2. The Balaban J connectivity index is 0.982. The summed E-state index contributed by atoms with van der Waals surface area (Å²) in [6.07, 6.45) is 0. The SMILES string of the molecule is CC1(C)c2ccc(-c3ccc(-c4ccc(-c5nc(-c6ccccc6)nc(-c6ccccc6)n5)cc4)cc3)cc2-c2c1ccc1oc3ccccc3c21. The Morgan fingerprint density at radius 3 is 1.46 bits per heavy atom. The zero-order valence-corrected chi connectivity index (χ0v) is 28.8. The lowest BCUT2D eigenvalue weighted by molar-refractivity contribution is 0.656. The average molecular weight is 668 g/mol. The van der Waals surface area contributed by atoms with Gasteiger partial charge < -0.3 is 4.42 Å². The molecule has 0 aliphatic heterocycles. The maximum Gasteiger partial charge on any atom is 0.164 e. The molecule has 1 aliphatic rings. The Bertz CT molecular complexity index is 2720. The van der Waals surface area contributed by atoms with Gasteiger partial charge in [0.05, 0.1) is 0 Å². The molecule has 0 saturated heterocycles. The van der Waals surface area contributed by atoms with Gasteiger partial charge in [-0.25, -0.2) is 15.0 Å². The predicted octanol–water partition coefficient (Wildman–Crippen LogP) is 12.4. The summed E-state index contributed by atoms with van der Waals surface area (Å²) >= 11 is 0. The third-order valence-corrected chi connectivity index (χ3v) is 10.6. The summed E-state index contributed by atoms with van der Waals surface area (Å²) in [5.74, 6) is 1.96. The standard InChI is InChI=1S/C48H33N3O/c1-48(2)39-26-25-36(29-38(39)43-40(48)27-28-42-44(43)37-15-9-10-16-41(37)52-42)32-19-17-30(18-20-32)31-21-23-35(24-22-31)47-50-45(33-11-5-3-6-12-33)49-46(51-47)34-13-7-4-8-14-34/h3-29H,1-2H3. The third kappa shape index (κ3) is 4.87. The van der Waals surface area contributed by atoms with Crippen molar-refractivity contribution in [3.63, 3.8) is 0 Å². The van der Waals surface area contributed by atoms with E-state index in [-0.39, 0.29) is 5.41 Å². The Morgan fingerprint density at radius 2 is 0.865 bits per heavy atom. The van der Waals surface area contributed by atoms with Crippen LogP contribution in [0.3, 0.4) is 0 Å². The molecule has 9 aromatic rings. The largest absolute Gasteiger partial charge is 0.456 e. The summed E-state index contributed by atoms with van der Waals surface area (Å²) in [5.41, 5.74) is 14.6. The number of nitrogens with zero attached hydrogens (tertiary/aromatic N) is 3. The maximum absolute atomic E-state index is 6.30. The molecule has 0 spiro atoms. The van der Waals surface area contributed by atoms with Gasteiger partial charge in [0, 0.05) is 32.9 Å². The van der Waals surface area contributed by atoms with E-state index in [0.29, 0.717) is 17.5 Å². The molecule has 52 heavy (non-hydrogen) atoms. The van der Waals surface area contributed by atoms with E-state index in [1.54, 1.807) is 0 Å². The molecular weight excluding hydrogens is 635 g/mol. The van der Waals surface area contributed by atoms with E-state index >= 15 is 0 Å². The van der Waals surface area contributed by atoms with E-state index in [1.807, 2.05) is 66.7 Å². The van der Waals surface area contributed by atoms with Crippen LogP contribution in [0, 0.1) is 0 Å². The molecular formula is C48H33N3O. The second kappa shape index (κ2) is 11.7. The fourth-order valence-electron chi connectivity index (χ4n) is 7.84. The summed E-state index contributed by atoms with van der Waals surface area (Å²) in [5, 5.41) is 2.38. The monoisotopic (exact) mass is 667 g/mol. The topological polar surface area (TPSA) is 51.8 Å². The van der Waals surface area contributed by atoms with E-state index in [4.69, 9.17) is 19.4 Å². The van der Waals surface area contributed by atoms with Crippen LogP contribution in [0.15, 0.2) is 168 Å². The Hall–Kier alpha value is -6.65. The highest BCUT2D eigenvalue weighted by molar-refractivity contribution is 6.15. The molecule has 0 fully saturated rings. The molecule has 0 unspecified atom stereocenters. The van der Waals surface area contributed by atoms with Crippen molar-refractivity contribution in [3.8, 4) is 67.5 Å². The van der Waals surface area contributed by atoms with Gasteiger partial charge in [-0.05, 0) is 62.7 Å². The molecule has 0 saturated carbocycles. The lowest BCUT2D eigenvalue weighted by Gasteiger charge is -2.21. The van der Waals surface area contributed by atoms with Crippen LogP contribution in [0.5, 0.6) is 0 Å². The van der Waals surface area contributed by atoms with Crippen LogP contribution in [0.4, 0.5) is 0 Å². The molecule has 2 heterocycles. The van der Waals surface area contributed by atoms with Crippen LogP contribution in [0.1, 0.15) is 25.0 Å². The molecule has 0 bridgehead atoms. The minimum atomic E-state index is -0.0979. The minimum absolute atomic E-state index is 0.0979. The smallest absolute Gasteiger partial charge is 0.164 e. The van der Waals surface area contributed by atoms with Crippen molar-refractivity contribution >= 4 is 21.9 Å². The van der Waals surface area contributed by atoms with Gasteiger partial charge in [0.1, 0.15) is 11.2 Å². The van der Waals surface area contributed by atoms with Gasteiger partial charge in [-0.3, -0.25) is 0 Å². The number of hydrogen-bond acceptors (Lipinski definition) is 4. The molecule has 0 N–H and O–H groups in total. The molecule has 0 amide bonds. The number of furan rings is 1. The molecule has 4 heteroatoms. The summed E-state index contributed by atoms with van der Waals surface area (Å²) < 4.78 is 6.30. The molecule has 0 atom stereocenters. The van der Waals surface area contributed by atoms with Gasteiger partial charge in [0.15, 0.2) is 17.5 Å². The number of rotatable bonds is 5. The summed E-state index contributed by atoms with van der Waals surface area (Å²) in [7, 11) is 0. The van der Waals surface area contributed by atoms with Gasteiger partial charge in [0.25, 0.3) is 0 Å². The van der Waals surface area contributed by atoms with Crippen molar-refractivity contribution in [1.29, 1.82) is 0 Å². The predicted molar refractivity (Wildman–Crippen MR) is 212 cm³/mol. The van der Waals surface area contributed by atoms with Gasteiger partial charge in [-0.15, -0.1) is 0 Å². The van der Waals surface area contributed by atoms with E-state index in [1.165, 1.54) is 44.2 Å². The molecule has 0 radical (unpaired) electrons. The maximum atomic E-state index is 6.30. The minimum Gasteiger partial charge on any atom is -0.456 e. The van der Waals surface area contributed by atoms with Crippen LogP contribution >= 0.6 is 0 Å². The van der Waals surface area contributed by atoms with E-state index < -0.39 is 0 Å². The molecule has 2 aromatic heterocycles. The summed E-state index contributed by atoms with van der Waals surface area (Å²) in [6, 6.07) is 57.2. The molecule has 4 nitrogen and oxygen atoms in total. The van der Waals surface area contributed by atoms with Crippen molar-refractivity contribution in [2.24, 2.45) is 0 Å². The van der Waals surface area contributed by atoms with Crippen LogP contribution < -0.4 is 0 Å². The highest BCUT2D eigenvalue weighted by atomic mass is 16.3. The second-order valence-corrected chi connectivity index (χ2v) is 14.0. The van der Waals surface area contributed by atoms with Gasteiger partial charge >= 0.3 is 0 Å². The lowest BCUT2D eigenvalue weighted by atomic mass is 9.82. The van der Waals surface area contributed by atoms with Crippen molar-refractivity contribution in [3.05, 3.63) is 175 Å². The normalized spacial score (nSPS) is 13.0. The number of hydrogen-bond donors (Lipinski definition) is 0. The number of aromatic nitrogens is 3. The Labute approximate surface area is 302 Å². The zero-order chi connectivity index (χ0) is 34.8. The average Bonchev–Trinajstić information content (AvgIpc) is 3.70. The number of para-hydroxylation sites is 1. The van der Waals surface area contributed by atoms with Crippen LogP contribution in [0.2, 0.25) is 0 Å². The Morgan fingerprint density at radius 1 is 0.404 bits per heavy atom. The zero-order valence-electron chi connectivity index (χ0n) is 28.8. The molecule has 1 aliphatic carbocycles. The number of benzene rings is 7. The quantitative estimate of drug-likeness (QED) is 0.183. The lowest BCUT2D eigenvalue weighted by Crippen LogP contribution is -2.14. The summed E-state index contributed by atoms with van der Waals surface area (Å²) in [6.45, 7) is 4.66. The van der Waals surface area contributed by atoms with Crippen LogP contribution in [-0.2, 0) is 5.41 Å². The highest BCUT2D eigenvalue weighted by Gasteiger charge is 2.37. The van der Waals surface area contributed by atoms with E-state index in [2.05, 4.69) is 111 Å². The summed E-state index contributed by atoms with van der Waals surface area (Å²) in [4.78, 5) is 14.6. The second-order valence-electron chi connectivity index (χ2n) is 14.0. The first-order chi connectivity index (χ1) is 25.5. The molecule has 7 aromatic carbocycles. The molecule has 246 valence electrons. The highest BCUT2D eigenvalue weighted by Crippen LogP contribution is 2.53. The Kier molecular flexibility index (Phi) is 6.80. The van der Waals surface area contributed by atoms with Crippen LogP contribution in [-0.4, -0.2) is 15.0 Å². The van der Waals surface area contributed by atoms with Crippen molar-refractivity contribution in [2.45, 2.75) is 19.3 Å². The number of fused-ring (bicyclic) bond motifs is 7. The fourth-order valence-corrected chi connectivity index (χ4v) is 7.84. The van der Waals surface area contributed by atoms with Crippen molar-refractivity contribution < 1.29 is 4.42 Å². The van der Waals surface area contributed by atoms with Crippen molar-refractivity contribution in [1.82, 2.24) is 15.0 Å². The van der Waals surface area contributed by atoms with Gasteiger partial charge in [-0.1, -0.05) is 159 Å². The first-order valence-electron chi connectivity index (χ1n) is 17.7. The van der Waals surface area contributed by atoms with Gasteiger partial charge in [0.2, 0.25) is 0 Å². The third-order valence-electron chi connectivity index (χ3n) is 10.6. The molecule has 10 rings (SSSR count). The van der Waals surface area contributed by atoms with Gasteiger partial charge in [-0.2, -0.15) is 0 Å². The first-order valence-corrected chi connectivity index (χ1v) is 17.7. The van der Waals surface area contributed by atoms with Crippen molar-refractivity contribution in [2.75, 3.05) is 0 Å². The van der Waals surface area contributed by atoms with E-state index in [9.17, 15) is 0 Å². The van der Waals surface area contributed by atoms with Crippen LogP contribution in [0.25, 0.3) is 89.5 Å². The van der Waals surface area contributed by atoms with E-state index in [0.717, 1.165) is 39.0 Å².